The fraction of sp³-hybridized carbons (Fsp3) is 0.500. The van der Waals surface area contributed by atoms with Crippen LogP contribution < -0.4 is 21.3 Å². The Hall–Kier alpha value is -3.64. The number of ketones is 1. The number of carbonyl (C=O) groups is 5. The Morgan fingerprint density at radius 2 is 1.89 bits per heavy atom. The van der Waals surface area contributed by atoms with Gasteiger partial charge in [-0.1, -0.05) is 0 Å². The minimum absolute atomic E-state index is 0.185. The maximum atomic E-state index is 13.3. The van der Waals surface area contributed by atoms with Gasteiger partial charge in [-0.2, -0.15) is 13.2 Å². The van der Waals surface area contributed by atoms with E-state index in [0.717, 1.165) is 6.07 Å². The molecule has 1 aromatic carbocycles. The fourth-order valence-corrected chi connectivity index (χ4v) is 3.68. The van der Waals surface area contributed by atoms with Gasteiger partial charge in [-0.15, -0.1) is 0 Å². The molecule has 0 aromatic heterocycles. The van der Waals surface area contributed by atoms with Crippen LogP contribution in [-0.2, 0) is 25.3 Å². The van der Waals surface area contributed by atoms with Crippen LogP contribution in [0.25, 0.3) is 0 Å². The standard InChI is InChI=1S/C22H25F3N4O6/c1-10-7-11(18(31)27-10)8-16(17(30)20(33)26-2)28-19(32)14-9-12(22(23,24)25)3-6-15(14)29-21(34)35-13-4-5-13/h3,6,9-11,13,16H,4-5,7-8H2,1-2H3,(H,26,33)(H,27,31)(H,28,32)(H,29,34)/t10-,11+,16?/m1/s1. The van der Waals surface area contributed by atoms with Gasteiger partial charge in [-0.3, -0.25) is 24.5 Å². The molecule has 3 atom stereocenters. The van der Waals surface area contributed by atoms with E-state index in [0.29, 0.717) is 31.4 Å². The summed E-state index contributed by atoms with van der Waals surface area (Å²) < 4.78 is 44.9. The first kappa shape index (κ1) is 26.0. The van der Waals surface area contributed by atoms with Gasteiger partial charge in [0.25, 0.3) is 11.8 Å². The number of alkyl halides is 3. The quantitative estimate of drug-likeness (QED) is 0.402. The molecular formula is C22H25F3N4O6. The van der Waals surface area contributed by atoms with Gasteiger partial charge < -0.3 is 20.7 Å². The lowest BCUT2D eigenvalue weighted by molar-refractivity contribution is -0.139. The van der Waals surface area contributed by atoms with Crippen LogP contribution in [0.1, 0.15) is 48.5 Å². The Morgan fingerprint density at radius 3 is 2.43 bits per heavy atom. The lowest BCUT2D eigenvalue weighted by Gasteiger charge is -2.21. The van der Waals surface area contributed by atoms with Crippen molar-refractivity contribution in [3.63, 3.8) is 0 Å². The minimum atomic E-state index is -4.79. The first-order valence-electron chi connectivity index (χ1n) is 10.9. The molecule has 1 aliphatic heterocycles. The number of anilines is 1. The molecule has 1 unspecified atom stereocenters. The molecule has 1 saturated carbocycles. The SMILES string of the molecule is CNC(=O)C(=O)C(C[C@@H]1C[C@@H](C)NC1=O)NC(=O)c1cc(C(F)(F)F)ccc1NC(=O)OC1CC1. The zero-order valence-corrected chi connectivity index (χ0v) is 19.0. The Morgan fingerprint density at radius 1 is 1.20 bits per heavy atom. The Balaban J connectivity index is 1.88. The smallest absolute Gasteiger partial charge is 0.416 e. The molecule has 35 heavy (non-hydrogen) atoms. The summed E-state index contributed by atoms with van der Waals surface area (Å²) in [5.74, 6) is -4.33. The van der Waals surface area contributed by atoms with Crippen molar-refractivity contribution in [2.75, 3.05) is 12.4 Å². The van der Waals surface area contributed by atoms with Crippen LogP contribution in [0.3, 0.4) is 0 Å². The highest BCUT2D eigenvalue weighted by Crippen LogP contribution is 2.32. The lowest BCUT2D eigenvalue weighted by atomic mass is 9.93. The van der Waals surface area contributed by atoms with Gasteiger partial charge in [0.2, 0.25) is 11.7 Å². The average molecular weight is 498 g/mol. The van der Waals surface area contributed by atoms with Crippen LogP contribution in [0.2, 0.25) is 0 Å². The third kappa shape index (κ3) is 6.70. The van der Waals surface area contributed by atoms with Crippen molar-refractivity contribution in [1.82, 2.24) is 16.0 Å². The van der Waals surface area contributed by atoms with Crippen LogP contribution in [0.5, 0.6) is 0 Å². The van der Waals surface area contributed by atoms with Crippen LogP contribution in [0.15, 0.2) is 18.2 Å². The van der Waals surface area contributed by atoms with Gasteiger partial charge in [0.05, 0.1) is 22.9 Å². The highest BCUT2D eigenvalue weighted by Gasteiger charge is 2.37. The van der Waals surface area contributed by atoms with E-state index in [-0.39, 0.29) is 30.2 Å². The molecule has 1 aromatic rings. The van der Waals surface area contributed by atoms with Crippen molar-refractivity contribution in [2.24, 2.45) is 5.92 Å². The normalized spacial score (nSPS) is 20.4. The van der Waals surface area contributed by atoms with Crippen molar-refractivity contribution < 1.29 is 41.9 Å². The van der Waals surface area contributed by atoms with E-state index in [1.165, 1.54) is 7.05 Å². The summed E-state index contributed by atoms with van der Waals surface area (Å²) in [5, 5.41) is 9.31. The molecule has 2 fully saturated rings. The molecule has 4 amide bonds. The second kappa shape index (κ2) is 10.3. The number of halogens is 3. The first-order valence-corrected chi connectivity index (χ1v) is 10.9. The molecule has 4 N–H and O–H groups in total. The van der Waals surface area contributed by atoms with Crippen molar-refractivity contribution in [2.45, 2.75) is 57.0 Å². The zero-order valence-electron chi connectivity index (χ0n) is 19.0. The van der Waals surface area contributed by atoms with Crippen molar-refractivity contribution in [3.8, 4) is 0 Å². The Kier molecular flexibility index (Phi) is 7.66. The molecule has 1 heterocycles. The second-order valence-corrected chi connectivity index (χ2v) is 8.54. The Labute approximate surface area is 198 Å². The van der Waals surface area contributed by atoms with Crippen LogP contribution in [0.4, 0.5) is 23.7 Å². The second-order valence-electron chi connectivity index (χ2n) is 8.54. The molecule has 1 aliphatic carbocycles. The highest BCUT2D eigenvalue weighted by atomic mass is 19.4. The molecule has 3 rings (SSSR count). The summed E-state index contributed by atoms with van der Waals surface area (Å²) in [6.45, 7) is 1.74. The molecule has 13 heteroatoms. The molecule has 1 saturated heterocycles. The van der Waals surface area contributed by atoms with Gasteiger partial charge in [-0.05, 0) is 50.8 Å². The molecule has 10 nitrogen and oxygen atoms in total. The van der Waals surface area contributed by atoms with Crippen molar-refractivity contribution >= 4 is 35.3 Å². The molecule has 0 spiro atoms. The maximum absolute atomic E-state index is 13.3. The molecule has 0 radical (unpaired) electrons. The summed E-state index contributed by atoms with van der Waals surface area (Å²) in [7, 11) is 1.20. The maximum Gasteiger partial charge on any atom is 0.416 e. The topological polar surface area (TPSA) is 143 Å². The number of hydrogen-bond acceptors (Lipinski definition) is 6. The predicted octanol–water partition coefficient (Wildman–Crippen LogP) is 1.74. The van der Waals surface area contributed by atoms with Gasteiger partial charge in [0, 0.05) is 19.0 Å². The summed E-state index contributed by atoms with van der Waals surface area (Å²) in [6.07, 6.45) is -4.62. The number of hydrogen-bond donors (Lipinski definition) is 4. The summed E-state index contributed by atoms with van der Waals surface area (Å²) in [6, 6.07) is 0.419. The van der Waals surface area contributed by atoms with Crippen molar-refractivity contribution in [1.29, 1.82) is 0 Å². The number of amides is 4. The third-order valence-corrected chi connectivity index (χ3v) is 5.62. The number of Topliss-reactive ketones (excluding diaryl/α,β-unsaturated/α-hetero) is 1. The number of nitrogens with one attached hydrogen (secondary N) is 4. The Bertz CT molecular complexity index is 1040. The monoisotopic (exact) mass is 498 g/mol. The number of likely N-dealkylation sites (N-methyl/N-ethyl adjacent to an activating group) is 1. The highest BCUT2D eigenvalue weighted by molar-refractivity contribution is 6.38. The number of rotatable bonds is 8. The molecule has 0 bridgehead atoms. The van der Waals surface area contributed by atoms with Crippen molar-refractivity contribution in [3.05, 3.63) is 29.3 Å². The average Bonchev–Trinajstić information content (AvgIpc) is 3.53. The third-order valence-electron chi connectivity index (χ3n) is 5.62. The van der Waals surface area contributed by atoms with E-state index in [1.54, 1.807) is 6.92 Å². The fourth-order valence-electron chi connectivity index (χ4n) is 3.68. The van der Waals surface area contributed by atoms with E-state index >= 15 is 0 Å². The summed E-state index contributed by atoms with van der Waals surface area (Å²) in [4.78, 5) is 61.8. The first-order chi connectivity index (χ1) is 16.4. The van der Waals surface area contributed by atoms with E-state index in [2.05, 4.69) is 21.3 Å². The number of carbonyl (C=O) groups excluding carboxylic acids is 5. The van der Waals surface area contributed by atoms with Gasteiger partial charge in [0.1, 0.15) is 6.10 Å². The summed E-state index contributed by atoms with van der Waals surface area (Å²) in [5.41, 5.74) is -2.03. The van der Waals surface area contributed by atoms with E-state index in [4.69, 9.17) is 4.74 Å². The van der Waals surface area contributed by atoms with E-state index in [9.17, 15) is 37.1 Å². The van der Waals surface area contributed by atoms with Gasteiger partial charge in [0.15, 0.2) is 0 Å². The molecule has 190 valence electrons. The van der Waals surface area contributed by atoms with E-state index < -0.39 is 53.0 Å². The van der Waals surface area contributed by atoms with Gasteiger partial charge in [-0.25, -0.2) is 4.79 Å². The zero-order chi connectivity index (χ0) is 25.9. The van der Waals surface area contributed by atoms with E-state index in [1.807, 2.05) is 0 Å². The predicted molar refractivity (Wildman–Crippen MR) is 115 cm³/mol. The van der Waals surface area contributed by atoms with Crippen LogP contribution >= 0.6 is 0 Å². The van der Waals surface area contributed by atoms with Crippen LogP contribution in [0, 0.1) is 5.92 Å². The number of ether oxygens (including phenoxy) is 1. The lowest BCUT2D eigenvalue weighted by Crippen LogP contribution is -2.48. The minimum Gasteiger partial charge on any atom is -0.446 e. The molecule has 2 aliphatic rings. The van der Waals surface area contributed by atoms with Crippen LogP contribution in [-0.4, -0.2) is 54.8 Å². The summed E-state index contributed by atoms with van der Waals surface area (Å²) >= 11 is 0. The number of benzene rings is 1. The van der Waals surface area contributed by atoms with Gasteiger partial charge >= 0.3 is 12.3 Å². The molecular weight excluding hydrogens is 473 g/mol. The largest absolute Gasteiger partial charge is 0.446 e.